The van der Waals surface area contributed by atoms with Crippen LogP contribution in [0.1, 0.15) is 29.9 Å². The molecule has 0 aromatic heterocycles. The van der Waals surface area contributed by atoms with Gasteiger partial charge in [-0.3, -0.25) is 0 Å². The summed E-state index contributed by atoms with van der Waals surface area (Å²) in [5, 5.41) is 3.62. The third-order valence-corrected chi connectivity index (χ3v) is 5.60. The third kappa shape index (κ3) is 2.94. The highest BCUT2D eigenvalue weighted by Gasteiger charge is 2.31. The van der Waals surface area contributed by atoms with Crippen molar-refractivity contribution in [2.24, 2.45) is 0 Å². The van der Waals surface area contributed by atoms with Crippen molar-refractivity contribution in [3.8, 4) is 0 Å². The van der Waals surface area contributed by atoms with Crippen molar-refractivity contribution in [2.75, 3.05) is 5.32 Å². The first-order valence-corrected chi connectivity index (χ1v) is 8.49. The minimum Gasteiger partial charge on any atom is -0.382 e. The fraction of sp³-hybridized carbons (Fsp3) is 0.294. The molecule has 3 heteroatoms. The van der Waals surface area contributed by atoms with Gasteiger partial charge in [0, 0.05) is 20.7 Å². The molecule has 1 saturated carbocycles. The van der Waals surface area contributed by atoms with Crippen LogP contribution in [0.3, 0.4) is 0 Å². The van der Waals surface area contributed by atoms with E-state index in [0.29, 0.717) is 12.0 Å². The maximum absolute atomic E-state index is 3.65. The second-order valence-electron chi connectivity index (χ2n) is 5.50. The number of rotatable bonds is 3. The van der Waals surface area contributed by atoms with Crippen LogP contribution in [0.4, 0.5) is 5.69 Å². The van der Waals surface area contributed by atoms with Gasteiger partial charge < -0.3 is 5.32 Å². The topological polar surface area (TPSA) is 12.0 Å². The molecule has 1 nitrogen and oxygen atoms in total. The van der Waals surface area contributed by atoms with Gasteiger partial charge >= 0.3 is 0 Å². The number of hydrogen-bond acceptors (Lipinski definition) is 1. The summed E-state index contributed by atoms with van der Waals surface area (Å²) in [6.45, 7) is 2.11. The van der Waals surface area contributed by atoms with Crippen LogP contribution < -0.4 is 5.32 Å². The molecule has 0 spiro atoms. The first-order valence-electron chi connectivity index (χ1n) is 6.90. The molecule has 0 saturated heterocycles. The predicted molar refractivity (Wildman–Crippen MR) is 92.4 cm³/mol. The molecule has 2 aromatic rings. The molecule has 20 heavy (non-hydrogen) atoms. The van der Waals surface area contributed by atoms with E-state index in [9.17, 15) is 0 Å². The monoisotopic (exact) mass is 393 g/mol. The second kappa shape index (κ2) is 5.90. The molecule has 1 aliphatic rings. The molecule has 1 fully saturated rings. The van der Waals surface area contributed by atoms with Gasteiger partial charge in [-0.05, 0) is 55.0 Å². The molecular formula is C17H17Br2N. The van der Waals surface area contributed by atoms with Crippen LogP contribution in [0.2, 0.25) is 0 Å². The Kier molecular flexibility index (Phi) is 4.18. The molecule has 0 aliphatic heterocycles. The van der Waals surface area contributed by atoms with Gasteiger partial charge in [0.25, 0.3) is 0 Å². The van der Waals surface area contributed by atoms with Crippen molar-refractivity contribution in [1.29, 1.82) is 0 Å². The number of nitrogens with one attached hydrogen (secondary N) is 1. The van der Waals surface area contributed by atoms with E-state index in [4.69, 9.17) is 0 Å². The molecule has 0 heterocycles. The van der Waals surface area contributed by atoms with E-state index in [2.05, 4.69) is 86.6 Å². The lowest BCUT2D eigenvalue weighted by Crippen LogP contribution is -2.34. The Labute approximate surface area is 137 Å². The Morgan fingerprint density at radius 3 is 2.45 bits per heavy atom. The van der Waals surface area contributed by atoms with Gasteiger partial charge in [-0.25, -0.2) is 0 Å². The molecular weight excluding hydrogens is 378 g/mol. The highest BCUT2D eigenvalue weighted by atomic mass is 79.9. The molecule has 0 bridgehead atoms. The van der Waals surface area contributed by atoms with Crippen LogP contribution in [0.5, 0.6) is 0 Å². The molecule has 104 valence electrons. The lowest BCUT2D eigenvalue weighted by atomic mass is 9.76. The van der Waals surface area contributed by atoms with E-state index >= 15 is 0 Å². The Morgan fingerprint density at radius 2 is 1.75 bits per heavy atom. The van der Waals surface area contributed by atoms with Crippen LogP contribution in [0.15, 0.2) is 51.4 Å². The number of benzene rings is 2. The molecule has 1 aliphatic carbocycles. The molecule has 2 aromatic carbocycles. The van der Waals surface area contributed by atoms with Crippen molar-refractivity contribution in [3.05, 3.63) is 62.5 Å². The molecule has 3 rings (SSSR count). The largest absolute Gasteiger partial charge is 0.382 e. The smallest absolute Gasteiger partial charge is 0.0353 e. The summed E-state index contributed by atoms with van der Waals surface area (Å²) in [5.74, 6) is 0.678. The zero-order valence-electron chi connectivity index (χ0n) is 11.4. The second-order valence-corrected chi connectivity index (χ2v) is 7.20. The lowest BCUT2D eigenvalue weighted by Gasteiger charge is -2.37. The number of anilines is 1. The standard InChI is InChI=1S/C17H17Br2N/c1-11-6-7-13(10-17(11)19)20-14-8-12(9-14)15-4-2-3-5-16(15)18/h2-7,10,12,14,20H,8-9H2,1H3. The van der Waals surface area contributed by atoms with Gasteiger partial charge in [0.1, 0.15) is 0 Å². The maximum atomic E-state index is 3.65. The first-order chi connectivity index (χ1) is 9.63. The molecule has 0 radical (unpaired) electrons. The quantitative estimate of drug-likeness (QED) is 0.685. The third-order valence-electron chi connectivity index (χ3n) is 4.03. The Hall–Kier alpha value is -0.800. The van der Waals surface area contributed by atoms with Gasteiger partial charge in [0.05, 0.1) is 0 Å². The fourth-order valence-corrected chi connectivity index (χ4v) is 3.70. The van der Waals surface area contributed by atoms with E-state index in [1.165, 1.54) is 38.6 Å². The van der Waals surface area contributed by atoms with Gasteiger partial charge in [-0.2, -0.15) is 0 Å². The van der Waals surface area contributed by atoms with Gasteiger partial charge in [0.15, 0.2) is 0 Å². The van der Waals surface area contributed by atoms with Crippen molar-refractivity contribution in [1.82, 2.24) is 0 Å². The Morgan fingerprint density at radius 1 is 1.00 bits per heavy atom. The summed E-state index contributed by atoms with van der Waals surface area (Å²) in [6.07, 6.45) is 2.40. The Bertz CT molecular complexity index is 618. The highest BCUT2D eigenvalue weighted by Crippen LogP contribution is 2.41. The summed E-state index contributed by atoms with van der Waals surface area (Å²) in [7, 11) is 0. The summed E-state index contributed by atoms with van der Waals surface area (Å²) in [5.41, 5.74) is 3.92. The fourth-order valence-electron chi connectivity index (χ4n) is 2.71. The van der Waals surface area contributed by atoms with E-state index in [-0.39, 0.29) is 0 Å². The molecule has 0 amide bonds. The maximum Gasteiger partial charge on any atom is 0.0353 e. The van der Waals surface area contributed by atoms with Gasteiger partial charge in [-0.15, -0.1) is 0 Å². The molecule has 0 unspecified atom stereocenters. The van der Waals surface area contributed by atoms with E-state index in [0.717, 1.165) is 0 Å². The first kappa shape index (κ1) is 14.2. The number of halogens is 2. The van der Waals surface area contributed by atoms with Crippen molar-refractivity contribution < 1.29 is 0 Å². The van der Waals surface area contributed by atoms with E-state index < -0.39 is 0 Å². The van der Waals surface area contributed by atoms with Gasteiger partial charge in [-0.1, -0.05) is 56.1 Å². The average Bonchev–Trinajstić information content (AvgIpc) is 2.39. The molecule has 0 atom stereocenters. The van der Waals surface area contributed by atoms with Crippen LogP contribution in [0.25, 0.3) is 0 Å². The SMILES string of the molecule is Cc1ccc(NC2CC(c3ccccc3Br)C2)cc1Br. The normalized spacial score (nSPS) is 21.4. The summed E-state index contributed by atoms with van der Waals surface area (Å²) < 4.78 is 2.41. The minimum absolute atomic E-state index is 0.585. The van der Waals surface area contributed by atoms with Crippen molar-refractivity contribution >= 4 is 37.5 Å². The Balaban J connectivity index is 1.61. The minimum atomic E-state index is 0.585. The zero-order chi connectivity index (χ0) is 14.1. The van der Waals surface area contributed by atoms with Gasteiger partial charge in [0.2, 0.25) is 0 Å². The van der Waals surface area contributed by atoms with Crippen LogP contribution in [-0.4, -0.2) is 6.04 Å². The van der Waals surface area contributed by atoms with E-state index in [1.807, 2.05) is 0 Å². The average molecular weight is 395 g/mol. The van der Waals surface area contributed by atoms with E-state index in [1.54, 1.807) is 0 Å². The number of hydrogen-bond donors (Lipinski definition) is 1. The summed E-state index contributed by atoms with van der Waals surface area (Å²) in [4.78, 5) is 0. The van der Waals surface area contributed by atoms with Crippen LogP contribution in [0, 0.1) is 6.92 Å². The lowest BCUT2D eigenvalue weighted by molar-refractivity contribution is 0.373. The number of aryl methyl sites for hydroxylation is 1. The highest BCUT2D eigenvalue weighted by molar-refractivity contribution is 9.10. The van der Waals surface area contributed by atoms with Crippen molar-refractivity contribution in [3.63, 3.8) is 0 Å². The summed E-state index contributed by atoms with van der Waals surface area (Å²) >= 11 is 7.24. The van der Waals surface area contributed by atoms with Crippen molar-refractivity contribution in [2.45, 2.75) is 31.7 Å². The summed E-state index contributed by atoms with van der Waals surface area (Å²) in [6, 6.07) is 15.6. The zero-order valence-corrected chi connectivity index (χ0v) is 14.5. The predicted octanol–water partition coefficient (Wildman–Crippen LogP) is 5.88. The van der Waals surface area contributed by atoms with Crippen LogP contribution in [-0.2, 0) is 0 Å². The molecule has 1 N–H and O–H groups in total. The van der Waals surface area contributed by atoms with Crippen LogP contribution >= 0.6 is 31.9 Å².